The van der Waals surface area contributed by atoms with Crippen molar-refractivity contribution in [3.8, 4) is 0 Å². The van der Waals surface area contributed by atoms with Gasteiger partial charge in [-0.2, -0.15) is 0 Å². The standard InChI is InChI=1S/C10H13ClN6/c1-3-8-14-7(11)4-9(15-8)12-5-10-16-13-6-17(10)2/h4,6H,3,5H2,1-2H3,(H,12,14,15). The second-order valence-corrected chi connectivity index (χ2v) is 3.94. The van der Waals surface area contributed by atoms with E-state index in [9.17, 15) is 0 Å². The van der Waals surface area contributed by atoms with Gasteiger partial charge in [0.2, 0.25) is 0 Å². The molecule has 0 saturated carbocycles. The zero-order valence-electron chi connectivity index (χ0n) is 9.68. The molecule has 0 aliphatic rings. The number of hydrogen-bond donors (Lipinski definition) is 1. The molecule has 0 unspecified atom stereocenters. The molecule has 2 heterocycles. The van der Waals surface area contributed by atoms with Crippen molar-refractivity contribution in [1.82, 2.24) is 24.7 Å². The molecule has 0 fully saturated rings. The first-order valence-electron chi connectivity index (χ1n) is 5.29. The molecule has 0 radical (unpaired) electrons. The molecule has 90 valence electrons. The quantitative estimate of drug-likeness (QED) is 0.834. The molecule has 6 nitrogen and oxygen atoms in total. The van der Waals surface area contributed by atoms with Crippen molar-refractivity contribution >= 4 is 17.4 Å². The van der Waals surface area contributed by atoms with Gasteiger partial charge in [0, 0.05) is 19.5 Å². The highest BCUT2D eigenvalue weighted by Gasteiger charge is 2.04. The molecule has 17 heavy (non-hydrogen) atoms. The Labute approximate surface area is 104 Å². The minimum Gasteiger partial charge on any atom is -0.363 e. The molecule has 0 aromatic carbocycles. The molecule has 0 aliphatic carbocycles. The number of halogens is 1. The van der Waals surface area contributed by atoms with Crippen LogP contribution >= 0.6 is 11.6 Å². The van der Waals surface area contributed by atoms with E-state index >= 15 is 0 Å². The summed E-state index contributed by atoms with van der Waals surface area (Å²) in [6.07, 6.45) is 2.40. The lowest BCUT2D eigenvalue weighted by molar-refractivity contribution is 0.807. The maximum Gasteiger partial charge on any atom is 0.151 e. The summed E-state index contributed by atoms with van der Waals surface area (Å²) >= 11 is 5.90. The summed E-state index contributed by atoms with van der Waals surface area (Å²) in [7, 11) is 1.89. The Morgan fingerprint density at radius 1 is 1.41 bits per heavy atom. The minimum atomic E-state index is 0.442. The van der Waals surface area contributed by atoms with Gasteiger partial charge in [-0.1, -0.05) is 18.5 Å². The maximum atomic E-state index is 5.90. The van der Waals surface area contributed by atoms with E-state index in [2.05, 4.69) is 25.5 Å². The molecule has 0 amide bonds. The van der Waals surface area contributed by atoms with Gasteiger partial charge < -0.3 is 9.88 Å². The van der Waals surface area contributed by atoms with Crippen LogP contribution in [0.4, 0.5) is 5.82 Å². The van der Waals surface area contributed by atoms with Crippen molar-refractivity contribution < 1.29 is 0 Å². The van der Waals surface area contributed by atoms with E-state index in [0.29, 0.717) is 17.5 Å². The van der Waals surface area contributed by atoms with Crippen LogP contribution in [0, 0.1) is 0 Å². The fraction of sp³-hybridized carbons (Fsp3) is 0.400. The number of rotatable bonds is 4. The van der Waals surface area contributed by atoms with Crippen molar-refractivity contribution in [3.63, 3.8) is 0 Å². The molecule has 0 atom stereocenters. The molecule has 0 spiro atoms. The first-order chi connectivity index (χ1) is 8.19. The summed E-state index contributed by atoms with van der Waals surface area (Å²) in [5.74, 6) is 2.25. The van der Waals surface area contributed by atoms with Crippen molar-refractivity contribution in [2.24, 2.45) is 7.05 Å². The predicted octanol–water partition coefficient (Wildman–Crippen LogP) is 1.43. The SMILES string of the molecule is CCc1nc(Cl)cc(NCc2nncn2C)n1. The van der Waals surface area contributed by atoms with Crippen LogP contribution in [0.25, 0.3) is 0 Å². The third-order valence-corrected chi connectivity index (χ3v) is 2.48. The molecule has 1 N–H and O–H groups in total. The van der Waals surface area contributed by atoms with E-state index in [1.54, 1.807) is 12.4 Å². The molecule has 0 bridgehead atoms. The zero-order valence-corrected chi connectivity index (χ0v) is 10.4. The Balaban J connectivity index is 2.09. The van der Waals surface area contributed by atoms with Crippen molar-refractivity contribution in [2.45, 2.75) is 19.9 Å². The van der Waals surface area contributed by atoms with E-state index in [0.717, 1.165) is 18.1 Å². The summed E-state index contributed by atoms with van der Waals surface area (Å²) in [5.41, 5.74) is 0. The van der Waals surface area contributed by atoms with Gasteiger partial charge in [0.25, 0.3) is 0 Å². The minimum absolute atomic E-state index is 0.442. The van der Waals surface area contributed by atoms with E-state index in [-0.39, 0.29) is 0 Å². The smallest absolute Gasteiger partial charge is 0.151 e. The van der Waals surface area contributed by atoms with E-state index < -0.39 is 0 Å². The Morgan fingerprint density at radius 2 is 2.24 bits per heavy atom. The number of anilines is 1. The number of nitrogens with zero attached hydrogens (tertiary/aromatic N) is 5. The second-order valence-electron chi connectivity index (χ2n) is 3.56. The fourth-order valence-corrected chi connectivity index (χ4v) is 1.55. The average Bonchev–Trinajstić information content (AvgIpc) is 2.71. The lowest BCUT2D eigenvalue weighted by Crippen LogP contribution is -2.08. The summed E-state index contributed by atoms with van der Waals surface area (Å²) in [6, 6.07) is 1.69. The number of aromatic nitrogens is 5. The number of nitrogens with one attached hydrogen (secondary N) is 1. The van der Waals surface area contributed by atoms with Gasteiger partial charge in [-0.15, -0.1) is 10.2 Å². The van der Waals surface area contributed by atoms with Gasteiger partial charge in [-0.3, -0.25) is 0 Å². The van der Waals surface area contributed by atoms with Crippen LogP contribution in [0.1, 0.15) is 18.6 Å². The monoisotopic (exact) mass is 252 g/mol. The van der Waals surface area contributed by atoms with Crippen molar-refractivity contribution in [3.05, 3.63) is 29.2 Å². The van der Waals surface area contributed by atoms with Gasteiger partial charge in [0.15, 0.2) is 5.82 Å². The van der Waals surface area contributed by atoms with Crippen molar-refractivity contribution in [2.75, 3.05) is 5.32 Å². The Kier molecular flexibility index (Phi) is 3.53. The molecule has 0 aliphatic heterocycles. The van der Waals surface area contributed by atoms with Crippen LogP contribution in [0.3, 0.4) is 0 Å². The highest BCUT2D eigenvalue weighted by atomic mass is 35.5. The van der Waals surface area contributed by atoms with Crippen LogP contribution in [0.15, 0.2) is 12.4 Å². The molecular formula is C10H13ClN6. The highest BCUT2D eigenvalue weighted by Crippen LogP contribution is 2.12. The molecule has 2 aromatic rings. The van der Waals surface area contributed by atoms with Gasteiger partial charge >= 0.3 is 0 Å². The van der Waals surface area contributed by atoms with Crippen LogP contribution < -0.4 is 5.32 Å². The van der Waals surface area contributed by atoms with Gasteiger partial charge in [0.1, 0.15) is 23.1 Å². The predicted molar refractivity (Wildman–Crippen MR) is 64.7 cm³/mol. The van der Waals surface area contributed by atoms with Gasteiger partial charge in [0.05, 0.1) is 6.54 Å². The highest BCUT2D eigenvalue weighted by molar-refractivity contribution is 6.29. The first-order valence-corrected chi connectivity index (χ1v) is 5.67. The Morgan fingerprint density at radius 3 is 2.88 bits per heavy atom. The van der Waals surface area contributed by atoms with Crippen LogP contribution in [0.2, 0.25) is 5.15 Å². The average molecular weight is 253 g/mol. The topological polar surface area (TPSA) is 68.5 Å². The summed E-state index contributed by atoms with van der Waals surface area (Å²) in [5, 5.41) is 11.4. The van der Waals surface area contributed by atoms with E-state index in [1.165, 1.54) is 0 Å². The van der Waals surface area contributed by atoms with E-state index in [1.807, 2.05) is 18.5 Å². The van der Waals surface area contributed by atoms with Crippen LogP contribution in [0.5, 0.6) is 0 Å². The third kappa shape index (κ3) is 2.91. The van der Waals surface area contributed by atoms with Gasteiger partial charge in [-0.25, -0.2) is 9.97 Å². The Bertz CT molecular complexity index is 509. The maximum absolute atomic E-state index is 5.90. The molecule has 7 heteroatoms. The lowest BCUT2D eigenvalue weighted by atomic mass is 10.4. The van der Waals surface area contributed by atoms with Gasteiger partial charge in [-0.05, 0) is 0 Å². The first kappa shape index (κ1) is 11.8. The van der Waals surface area contributed by atoms with Crippen LogP contribution in [-0.4, -0.2) is 24.7 Å². The number of aryl methyl sites for hydroxylation is 2. The van der Waals surface area contributed by atoms with E-state index in [4.69, 9.17) is 11.6 Å². The molecular weight excluding hydrogens is 240 g/mol. The second kappa shape index (κ2) is 5.09. The molecule has 2 rings (SSSR count). The lowest BCUT2D eigenvalue weighted by Gasteiger charge is -2.06. The summed E-state index contributed by atoms with van der Waals surface area (Å²) in [6.45, 7) is 2.53. The molecule has 2 aromatic heterocycles. The zero-order chi connectivity index (χ0) is 12.3. The number of hydrogen-bond acceptors (Lipinski definition) is 5. The summed E-state index contributed by atoms with van der Waals surface area (Å²) in [4.78, 5) is 8.41. The largest absolute Gasteiger partial charge is 0.363 e. The normalized spacial score (nSPS) is 10.5. The summed E-state index contributed by atoms with van der Waals surface area (Å²) < 4.78 is 1.84. The third-order valence-electron chi connectivity index (χ3n) is 2.29. The van der Waals surface area contributed by atoms with Crippen LogP contribution in [-0.2, 0) is 20.0 Å². The van der Waals surface area contributed by atoms with Crippen molar-refractivity contribution in [1.29, 1.82) is 0 Å². The fourth-order valence-electron chi connectivity index (χ4n) is 1.35. The molecule has 0 saturated heterocycles. The Hall–Kier alpha value is -1.69.